The maximum Gasteiger partial charge on any atom is 0.335 e. The number of aromatic carboxylic acids is 1. The summed E-state index contributed by atoms with van der Waals surface area (Å²) in [4.78, 5) is 10.5. The van der Waals surface area contributed by atoms with E-state index in [9.17, 15) is 4.79 Å². The topological polar surface area (TPSA) is 63.3 Å². The van der Waals surface area contributed by atoms with Gasteiger partial charge in [0.1, 0.15) is 0 Å². The number of hydrogen-bond donors (Lipinski definition) is 2. The summed E-state index contributed by atoms with van der Waals surface area (Å²) >= 11 is 0. The fourth-order valence-electron chi connectivity index (χ4n) is 0.955. The second kappa shape index (κ2) is 3.36. The molecule has 3 heteroatoms. The Balaban J connectivity index is 3.04. The molecule has 0 saturated carbocycles. The van der Waals surface area contributed by atoms with Crippen molar-refractivity contribution in [3.05, 3.63) is 35.4 Å². The van der Waals surface area contributed by atoms with Crippen LogP contribution in [0.1, 0.15) is 28.9 Å². The van der Waals surface area contributed by atoms with Gasteiger partial charge in [-0.05, 0) is 24.6 Å². The lowest BCUT2D eigenvalue weighted by atomic mass is 10.1. The van der Waals surface area contributed by atoms with Crippen molar-refractivity contribution >= 4 is 5.97 Å². The molecule has 3 N–H and O–H groups in total. The molecule has 0 aliphatic heterocycles. The molecule has 0 aliphatic rings. The summed E-state index contributed by atoms with van der Waals surface area (Å²) in [6.45, 7) is 1.82. The lowest BCUT2D eigenvalue weighted by Gasteiger charge is -2.05. The van der Waals surface area contributed by atoms with Gasteiger partial charge in [-0.15, -0.1) is 0 Å². The van der Waals surface area contributed by atoms with Crippen LogP contribution in [-0.2, 0) is 0 Å². The summed E-state index contributed by atoms with van der Waals surface area (Å²) in [6.07, 6.45) is 0. The van der Waals surface area contributed by atoms with Crippen LogP contribution in [0.2, 0.25) is 0 Å². The Morgan fingerprint density at radius 3 is 2.75 bits per heavy atom. The van der Waals surface area contributed by atoms with E-state index in [0.717, 1.165) is 5.56 Å². The molecule has 0 fully saturated rings. The van der Waals surface area contributed by atoms with E-state index in [1.54, 1.807) is 18.2 Å². The van der Waals surface area contributed by atoms with Gasteiger partial charge in [-0.1, -0.05) is 12.1 Å². The normalized spacial score (nSPS) is 12.5. The number of benzene rings is 1. The summed E-state index contributed by atoms with van der Waals surface area (Å²) in [5.74, 6) is -0.919. The van der Waals surface area contributed by atoms with Gasteiger partial charge in [0.15, 0.2) is 0 Å². The average Bonchev–Trinajstić information content (AvgIpc) is 2.04. The van der Waals surface area contributed by atoms with Crippen molar-refractivity contribution in [3.8, 4) is 0 Å². The Morgan fingerprint density at radius 1 is 1.58 bits per heavy atom. The highest BCUT2D eigenvalue weighted by Gasteiger charge is 2.04. The summed E-state index contributed by atoms with van der Waals surface area (Å²) in [5.41, 5.74) is 6.71. The summed E-state index contributed by atoms with van der Waals surface area (Å²) < 4.78 is 0. The highest BCUT2D eigenvalue weighted by molar-refractivity contribution is 5.87. The van der Waals surface area contributed by atoms with E-state index in [-0.39, 0.29) is 11.6 Å². The van der Waals surface area contributed by atoms with E-state index in [2.05, 4.69) is 0 Å². The van der Waals surface area contributed by atoms with E-state index in [1.807, 2.05) is 13.0 Å². The van der Waals surface area contributed by atoms with Crippen molar-refractivity contribution in [2.24, 2.45) is 5.73 Å². The van der Waals surface area contributed by atoms with Gasteiger partial charge < -0.3 is 10.8 Å². The molecule has 0 aromatic heterocycles. The van der Waals surface area contributed by atoms with Crippen LogP contribution in [-0.4, -0.2) is 11.1 Å². The molecule has 12 heavy (non-hydrogen) atoms. The van der Waals surface area contributed by atoms with Gasteiger partial charge in [-0.2, -0.15) is 0 Å². The fraction of sp³-hybridized carbons (Fsp3) is 0.222. The summed E-state index contributed by atoms with van der Waals surface area (Å²) in [6, 6.07) is 6.53. The SMILES string of the molecule is CC(N)c1cccc(C(=O)O)c1. The molecule has 1 atom stereocenters. The Bertz CT molecular complexity index is 294. The number of carboxylic acid groups (broad SMARTS) is 1. The third-order valence-electron chi connectivity index (χ3n) is 1.66. The van der Waals surface area contributed by atoms with Crippen LogP contribution < -0.4 is 5.73 Å². The monoisotopic (exact) mass is 165 g/mol. The maximum absolute atomic E-state index is 10.5. The smallest absolute Gasteiger partial charge is 0.335 e. The molecule has 1 rings (SSSR count). The molecular formula is C9H11NO2. The molecule has 0 amide bonds. The molecule has 0 bridgehead atoms. The van der Waals surface area contributed by atoms with E-state index >= 15 is 0 Å². The highest BCUT2D eigenvalue weighted by Crippen LogP contribution is 2.11. The molecular weight excluding hydrogens is 154 g/mol. The van der Waals surface area contributed by atoms with Gasteiger partial charge in [0.2, 0.25) is 0 Å². The molecule has 0 spiro atoms. The summed E-state index contributed by atoms with van der Waals surface area (Å²) in [7, 11) is 0. The van der Waals surface area contributed by atoms with Gasteiger partial charge in [-0.25, -0.2) is 4.79 Å². The lowest BCUT2D eigenvalue weighted by molar-refractivity contribution is 0.0697. The van der Waals surface area contributed by atoms with Crippen LogP contribution in [0.25, 0.3) is 0 Å². The van der Waals surface area contributed by atoms with Crippen LogP contribution in [0.15, 0.2) is 24.3 Å². The quantitative estimate of drug-likeness (QED) is 0.696. The van der Waals surface area contributed by atoms with Gasteiger partial charge in [0.05, 0.1) is 5.56 Å². The number of carboxylic acids is 1. The van der Waals surface area contributed by atoms with Crippen molar-refractivity contribution in [1.82, 2.24) is 0 Å². The molecule has 3 nitrogen and oxygen atoms in total. The first kappa shape index (κ1) is 8.74. The number of nitrogens with two attached hydrogens (primary N) is 1. The molecule has 0 radical (unpaired) electrons. The first-order chi connectivity index (χ1) is 5.61. The van der Waals surface area contributed by atoms with Crippen LogP contribution in [0, 0.1) is 0 Å². The van der Waals surface area contributed by atoms with E-state index < -0.39 is 5.97 Å². The van der Waals surface area contributed by atoms with E-state index in [4.69, 9.17) is 10.8 Å². The largest absolute Gasteiger partial charge is 0.478 e. The Labute approximate surface area is 70.8 Å². The lowest BCUT2D eigenvalue weighted by Crippen LogP contribution is -2.06. The number of rotatable bonds is 2. The maximum atomic E-state index is 10.5. The number of hydrogen-bond acceptors (Lipinski definition) is 2. The van der Waals surface area contributed by atoms with Crippen molar-refractivity contribution < 1.29 is 9.90 Å². The zero-order valence-electron chi connectivity index (χ0n) is 6.82. The van der Waals surface area contributed by atoms with Gasteiger partial charge in [0.25, 0.3) is 0 Å². The van der Waals surface area contributed by atoms with Crippen molar-refractivity contribution in [1.29, 1.82) is 0 Å². The molecule has 64 valence electrons. The Morgan fingerprint density at radius 2 is 2.25 bits per heavy atom. The zero-order valence-corrected chi connectivity index (χ0v) is 6.82. The molecule has 1 unspecified atom stereocenters. The van der Waals surface area contributed by atoms with Crippen LogP contribution in [0.5, 0.6) is 0 Å². The number of carbonyl (C=O) groups is 1. The minimum absolute atomic E-state index is 0.121. The molecule has 1 aromatic carbocycles. The van der Waals surface area contributed by atoms with Crippen molar-refractivity contribution in [3.63, 3.8) is 0 Å². The third kappa shape index (κ3) is 1.83. The van der Waals surface area contributed by atoms with E-state index in [0.29, 0.717) is 0 Å². The molecule has 1 aromatic rings. The molecule has 0 saturated heterocycles. The first-order valence-corrected chi connectivity index (χ1v) is 3.70. The van der Waals surface area contributed by atoms with Gasteiger partial charge in [-0.3, -0.25) is 0 Å². The Kier molecular flexibility index (Phi) is 2.45. The van der Waals surface area contributed by atoms with E-state index in [1.165, 1.54) is 0 Å². The molecule has 0 heterocycles. The fourth-order valence-corrected chi connectivity index (χ4v) is 0.955. The van der Waals surface area contributed by atoms with Crippen LogP contribution >= 0.6 is 0 Å². The second-order valence-electron chi connectivity index (χ2n) is 2.72. The van der Waals surface area contributed by atoms with Gasteiger partial charge >= 0.3 is 5.97 Å². The first-order valence-electron chi connectivity index (χ1n) is 3.70. The second-order valence-corrected chi connectivity index (χ2v) is 2.72. The van der Waals surface area contributed by atoms with Crippen molar-refractivity contribution in [2.45, 2.75) is 13.0 Å². The van der Waals surface area contributed by atoms with Crippen LogP contribution in [0.4, 0.5) is 0 Å². The predicted octanol–water partition coefficient (Wildman–Crippen LogP) is 1.40. The summed E-state index contributed by atoms with van der Waals surface area (Å²) in [5, 5.41) is 8.65. The average molecular weight is 165 g/mol. The predicted molar refractivity (Wildman–Crippen MR) is 46.0 cm³/mol. The Hall–Kier alpha value is -1.35. The molecule has 0 aliphatic carbocycles. The zero-order chi connectivity index (χ0) is 9.14. The highest BCUT2D eigenvalue weighted by atomic mass is 16.4. The van der Waals surface area contributed by atoms with Gasteiger partial charge in [0, 0.05) is 6.04 Å². The third-order valence-corrected chi connectivity index (χ3v) is 1.66. The minimum atomic E-state index is -0.919. The standard InChI is InChI=1S/C9H11NO2/c1-6(10)7-3-2-4-8(5-7)9(11)12/h2-6H,10H2,1H3,(H,11,12). The van der Waals surface area contributed by atoms with Crippen LogP contribution in [0.3, 0.4) is 0 Å². The van der Waals surface area contributed by atoms with Crippen molar-refractivity contribution in [2.75, 3.05) is 0 Å². The minimum Gasteiger partial charge on any atom is -0.478 e.